The normalized spacial score (nSPS) is 19.2. The molecule has 1 aliphatic rings. The van der Waals surface area contributed by atoms with Crippen LogP contribution in [0.3, 0.4) is 0 Å². The molecule has 0 bridgehead atoms. The maximum absolute atomic E-state index is 13.0. The molecule has 0 aliphatic carbocycles. The molecule has 3 nitrogen and oxygen atoms in total. The zero-order valence-electron chi connectivity index (χ0n) is 13.5. The number of carbonyl (C=O) groups is 1. The number of ether oxygens (including phenoxy) is 1. The topological polar surface area (TPSA) is 29.5 Å². The molecule has 1 heterocycles. The molecule has 0 radical (unpaired) electrons. The largest absolute Gasteiger partial charge is 0.379 e. The van der Waals surface area contributed by atoms with Crippen LogP contribution >= 0.6 is 0 Å². The fourth-order valence-electron chi connectivity index (χ4n) is 3.01. The molecule has 1 atom stereocenters. The van der Waals surface area contributed by atoms with Gasteiger partial charge in [0.2, 0.25) is 0 Å². The first-order valence-corrected chi connectivity index (χ1v) is 8.08. The van der Waals surface area contributed by atoms with Crippen molar-refractivity contribution in [1.29, 1.82) is 0 Å². The lowest BCUT2D eigenvalue weighted by Crippen LogP contribution is -2.56. The molecule has 1 aliphatic heterocycles. The molecule has 0 N–H and O–H groups in total. The van der Waals surface area contributed by atoms with Crippen LogP contribution in [0.5, 0.6) is 0 Å². The number of carbonyl (C=O) groups excluding carboxylic acids is 1. The molecule has 1 aromatic rings. The summed E-state index contributed by atoms with van der Waals surface area (Å²) in [6.45, 7) is 9.45. The number of Topliss-reactive ketones (excluding diaryl/α,β-unsaturated/α-hetero) is 1. The number of ketones is 1. The molecule has 2 rings (SSSR count). The van der Waals surface area contributed by atoms with Crippen molar-refractivity contribution in [3.63, 3.8) is 0 Å². The lowest BCUT2D eigenvalue weighted by molar-refractivity contribution is -0.0106. The maximum atomic E-state index is 13.0. The van der Waals surface area contributed by atoms with Crippen LogP contribution in [-0.2, 0) is 11.2 Å². The van der Waals surface area contributed by atoms with Gasteiger partial charge in [0.15, 0.2) is 5.78 Å². The Hall–Kier alpha value is -1.19. The van der Waals surface area contributed by atoms with Crippen LogP contribution in [0.4, 0.5) is 0 Å². The molecule has 1 saturated heterocycles. The molecule has 0 saturated carbocycles. The lowest BCUT2D eigenvalue weighted by Gasteiger charge is -2.41. The molecule has 0 aromatic heterocycles. The van der Waals surface area contributed by atoms with Crippen LogP contribution in [0.25, 0.3) is 0 Å². The monoisotopic (exact) mass is 289 g/mol. The molecule has 1 aromatic carbocycles. The van der Waals surface area contributed by atoms with E-state index in [1.807, 2.05) is 12.1 Å². The third-order valence-electron chi connectivity index (χ3n) is 4.64. The van der Waals surface area contributed by atoms with E-state index < -0.39 is 5.54 Å². The Labute approximate surface area is 128 Å². The van der Waals surface area contributed by atoms with E-state index in [1.165, 1.54) is 5.56 Å². The molecular weight excluding hydrogens is 262 g/mol. The average molecular weight is 289 g/mol. The van der Waals surface area contributed by atoms with Gasteiger partial charge in [-0.05, 0) is 25.3 Å². The van der Waals surface area contributed by atoms with Gasteiger partial charge in [0, 0.05) is 18.7 Å². The van der Waals surface area contributed by atoms with Crippen molar-refractivity contribution >= 4 is 5.78 Å². The number of hydrogen-bond donors (Lipinski definition) is 0. The summed E-state index contributed by atoms with van der Waals surface area (Å²) in [5.74, 6) is 0.231. The summed E-state index contributed by atoms with van der Waals surface area (Å²) in [6.07, 6.45) is 3.03. The Morgan fingerprint density at radius 2 is 1.81 bits per heavy atom. The van der Waals surface area contributed by atoms with Gasteiger partial charge in [0.05, 0.1) is 18.8 Å². The summed E-state index contributed by atoms with van der Waals surface area (Å²) in [7, 11) is 0. The second-order valence-electron chi connectivity index (χ2n) is 6.00. The lowest BCUT2D eigenvalue weighted by atomic mass is 9.86. The molecule has 3 heteroatoms. The first-order chi connectivity index (χ1) is 10.1. The second-order valence-corrected chi connectivity index (χ2v) is 6.00. The van der Waals surface area contributed by atoms with Crippen molar-refractivity contribution in [2.24, 2.45) is 0 Å². The number of morpholine rings is 1. The molecular formula is C18H27NO2. The molecule has 1 unspecified atom stereocenters. The first kappa shape index (κ1) is 16.2. The highest BCUT2D eigenvalue weighted by molar-refractivity contribution is 6.03. The maximum Gasteiger partial charge on any atom is 0.182 e. The minimum absolute atomic E-state index is 0.231. The third-order valence-corrected chi connectivity index (χ3v) is 4.64. The molecule has 0 amide bonds. The van der Waals surface area contributed by atoms with Crippen molar-refractivity contribution in [3.8, 4) is 0 Å². The summed E-state index contributed by atoms with van der Waals surface area (Å²) in [4.78, 5) is 15.3. The van der Waals surface area contributed by atoms with E-state index in [1.54, 1.807) is 0 Å². The van der Waals surface area contributed by atoms with Crippen molar-refractivity contribution in [3.05, 3.63) is 35.4 Å². The SMILES string of the molecule is CCCc1ccc(C(=O)C(C)(CC)N2CCOCC2)cc1. The van der Waals surface area contributed by atoms with E-state index in [-0.39, 0.29) is 5.78 Å². The van der Waals surface area contributed by atoms with E-state index >= 15 is 0 Å². The van der Waals surface area contributed by atoms with E-state index in [9.17, 15) is 4.79 Å². The summed E-state index contributed by atoms with van der Waals surface area (Å²) < 4.78 is 5.41. The Morgan fingerprint density at radius 1 is 1.19 bits per heavy atom. The summed E-state index contributed by atoms with van der Waals surface area (Å²) >= 11 is 0. The van der Waals surface area contributed by atoms with Crippen molar-refractivity contribution in [2.45, 2.75) is 45.6 Å². The van der Waals surface area contributed by atoms with Gasteiger partial charge in [-0.15, -0.1) is 0 Å². The van der Waals surface area contributed by atoms with Gasteiger partial charge < -0.3 is 4.74 Å². The Bertz CT molecular complexity index is 463. The van der Waals surface area contributed by atoms with Gasteiger partial charge in [-0.3, -0.25) is 9.69 Å². The molecule has 116 valence electrons. The average Bonchev–Trinajstić information content (AvgIpc) is 2.55. The Kier molecular flexibility index (Phi) is 5.54. The van der Waals surface area contributed by atoms with Crippen molar-refractivity contribution < 1.29 is 9.53 Å². The standard InChI is InChI=1S/C18H27NO2/c1-4-6-15-7-9-16(10-8-15)17(20)18(3,5-2)19-11-13-21-14-12-19/h7-10H,4-6,11-14H2,1-3H3. The smallest absolute Gasteiger partial charge is 0.182 e. The van der Waals surface area contributed by atoms with Gasteiger partial charge in [-0.25, -0.2) is 0 Å². The summed E-state index contributed by atoms with van der Waals surface area (Å²) in [5.41, 5.74) is 1.71. The number of nitrogens with zero attached hydrogens (tertiary/aromatic N) is 1. The van der Waals surface area contributed by atoms with Gasteiger partial charge in [-0.1, -0.05) is 44.5 Å². The highest BCUT2D eigenvalue weighted by Gasteiger charge is 2.38. The Morgan fingerprint density at radius 3 is 2.33 bits per heavy atom. The third kappa shape index (κ3) is 3.53. The second kappa shape index (κ2) is 7.19. The van der Waals surface area contributed by atoms with Crippen molar-refractivity contribution in [2.75, 3.05) is 26.3 Å². The zero-order chi connectivity index (χ0) is 15.3. The Balaban J connectivity index is 2.18. The fourth-order valence-corrected chi connectivity index (χ4v) is 3.01. The quantitative estimate of drug-likeness (QED) is 0.752. The van der Waals surface area contributed by atoms with Gasteiger partial charge >= 0.3 is 0 Å². The summed E-state index contributed by atoms with van der Waals surface area (Å²) in [6, 6.07) is 8.15. The zero-order valence-corrected chi connectivity index (χ0v) is 13.5. The van der Waals surface area contributed by atoms with E-state index in [4.69, 9.17) is 4.74 Å². The van der Waals surface area contributed by atoms with E-state index in [2.05, 4.69) is 37.8 Å². The van der Waals surface area contributed by atoms with Crippen molar-refractivity contribution in [1.82, 2.24) is 4.90 Å². The molecule has 0 spiro atoms. The highest BCUT2D eigenvalue weighted by Crippen LogP contribution is 2.26. The number of benzene rings is 1. The van der Waals surface area contributed by atoms with E-state index in [0.29, 0.717) is 0 Å². The number of hydrogen-bond acceptors (Lipinski definition) is 3. The van der Waals surface area contributed by atoms with Crippen LogP contribution in [0, 0.1) is 0 Å². The first-order valence-electron chi connectivity index (χ1n) is 8.08. The van der Waals surface area contributed by atoms with Crippen LogP contribution < -0.4 is 0 Å². The number of aryl methyl sites for hydroxylation is 1. The highest BCUT2D eigenvalue weighted by atomic mass is 16.5. The molecule has 1 fully saturated rings. The van der Waals surface area contributed by atoms with Gasteiger partial charge in [0.25, 0.3) is 0 Å². The van der Waals surface area contributed by atoms with Crippen LogP contribution in [0.2, 0.25) is 0 Å². The van der Waals surface area contributed by atoms with Gasteiger partial charge in [-0.2, -0.15) is 0 Å². The van der Waals surface area contributed by atoms with Crippen LogP contribution in [-0.4, -0.2) is 42.5 Å². The van der Waals surface area contributed by atoms with Crippen LogP contribution in [0.15, 0.2) is 24.3 Å². The number of rotatable bonds is 6. The molecule has 21 heavy (non-hydrogen) atoms. The fraction of sp³-hybridized carbons (Fsp3) is 0.611. The summed E-state index contributed by atoms with van der Waals surface area (Å²) in [5, 5.41) is 0. The van der Waals surface area contributed by atoms with Crippen LogP contribution in [0.1, 0.15) is 49.5 Å². The van der Waals surface area contributed by atoms with Gasteiger partial charge in [0.1, 0.15) is 0 Å². The minimum atomic E-state index is -0.421. The van der Waals surface area contributed by atoms with E-state index in [0.717, 1.165) is 51.1 Å². The predicted octanol–water partition coefficient (Wildman–Crippen LogP) is 3.32. The predicted molar refractivity (Wildman–Crippen MR) is 85.9 cm³/mol. The minimum Gasteiger partial charge on any atom is -0.379 e.